The molecule has 28 heavy (non-hydrogen) atoms. The molecule has 1 aliphatic heterocycles. The summed E-state index contributed by atoms with van der Waals surface area (Å²) in [6.45, 7) is 5.18. The zero-order chi connectivity index (χ0) is 20.1. The molecule has 1 heterocycles. The Hall–Kier alpha value is -2.82. The minimum absolute atomic E-state index is 0.0142. The van der Waals surface area contributed by atoms with E-state index in [9.17, 15) is 9.59 Å². The number of benzene rings is 2. The molecule has 3 rings (SSSR count). The molecule has 2 aromatic carbocycles. The van der Waals surface area contributed by atoms with Crippen LogP contribution in [-0.2, 0) is 16.1 Å². The van der Waals surface area contributed by atoms with Crippen LogP contribution in [0.5, 0.6) is 5.75 Å². The number of hydrogen-bond acceptors (Lipinski definition) is 3. The molecule has 0 unspecified atom stereocenters. The molecule has 2 aromatic rings. The van der Waals surface area contributed by atoms with Gasteiger partial charge < -0.3 is 15.0 Å². The highest BCUT2D eigenvalue weighted by Crippen LogP contribution is 2.33. The van der Waals surface area contributed by atoms with Crippen LogP contribution >= 0.6 is 0 Å². The van der Waals surface area contributed by atoms with Gasteiger partial charge in [0.05, 0.1) is 13.0 Å². The summed E-state index contributed by atoms with van der Waals surface area (Å²) < 4.78 is 5.15. The highest BCUT2D eigenvalue weighted by atomic mass is 16.5. The second kappa shape index (κ2) is 8.91. The smallest absolute Gasteiger partial charge is 0.227 e. The molecule has 148 valence electrons. The minimum atomic E-state index is -0.323. The Balaban J connectivity index is 1.64. The standard InChI is InChI=1S/C23H28N2O3/c1-4-16(2)20-7-5-6-8-21(20)25-15-18(13-22(25)26)23(27)24-14-17-9-11-19(28-3)12-10-17/h5-12,16,18H,4,13-15H2,1-3H3,(H,24,27)/t16-,18+/m0/s1. The first kappa shape index (κ1) is 19.9. The number of methoxy groups -OCH3 is 1. The van der Waals surface area contributed by atoms with Crippen LogP contribution in [-0.4, -0.2) is 25.5 Å². The lowest BCUT2D eigenvalue weighted by Crippen LogP contribution is -2.32. The number of para-hydroxylation sites is 1. The maximum Gasteiger partial charge on any atom is 0.227 e. The zero-order valence-corrected chi connectivity index (χ0v) is 16.8. The average Bonchev–Trinajstić information content (AvgIpc) is 3.13. The van der Waals surface area contributed by atoms with Crippen molar-refractivity contribution >= 4 is 17.5 Å². The van der Waals surface area contributed by atoms with Crippen LogP contribution in [0, 0.1) is 5.92 Å². The third kappa shape index (κ3) is 4.35. The van der Waals surface area contributed by atoms with E-state index in [-0.39, 0.29) is 24.2 Å². The Morgan fingerprint density at radius 2 is 1.93 bits per heavy atom. The first-order valence-electron chi connectivity index (χ1n) is 9.83. The minimum Gasteiger partial charge on any atom is -0.497 e. The molecule has 5 nitrogen and oxygen atoms in total. The molecule has 1 aliphatic rings. The molecule has 0 aliphatic carbocycles. The fraction of sp³-hybridized carbons (Fsp3) is 0.391. The molecular formula is C23H28N2O3. The van der Waals surface area contributed by atoms with E-state index in [1.807, 2.05) is 42.5 Å². The topological polar surface area (TPSA) is 58.6 Å². The van der Waals surface area contributed by atoms with Crippen molar-refractivity contribution in [3.8, 4) is 5.75 Å². The Morgan fingerprint density at radius 1 is 1.21 bits per heavy atom. The first-order chi connectivity index (χ1) is 13.5. The summed E-state index contributed by atoms with van der Waals surface area (Å²) in [4.78, 5) is 27.0. The molecule has 0 saturated carbocycles. The normalized spacial score (nSPS) is 17.5. The van der Waals surface area contributed by atoms with E-state index in [0.29, 0.717) is 19.0 Å². The number of amides is 2. The van der Waals surface area contributed by atoms with Gasteiger partial charge in [-0.1, -0.05) is 44.2 Å². The van der Waals surface area contributed by atoms with Crippen molar-refractivity contribution in [3.63, 3.8) is 0 Å². The maximum atomic E-state index is 12.6. The number of ether oxygens (including phenoxy) is 1. The second-order valence-electron chi connectivity index (χ2n) is 7.34. The number of rotatable bonds is 7. The summed E-state index contributed by atoms with van der Waals surface area (Å²) in [6, 6.07) is 15.6. The predicted octanol–water partition coefficient (Wildman–Crippen LogP) is 3.88. The fourth-order valence-corrected chi connectivity index (χ4v) is 3.56. The number of carbonyl (C=O) groups is 2. The monoisotopic (exact) mass is 380 g/mol. The van der Waals surface area contributed by atoms with Crippen molar-refractivity contribution in [1.82, 2.24) is 5.32 Å². The van der Waals surface area contributed by atoms with Crippen molar-refractivity contribution in [2.45, 2.75) is 39.2 Å². The number of hydrogen-bond donors (Lipinski definition) is 1. The number of anilines is 1. The van der Waals surface area contributed by atoms with Crippen molar-refractivity contribution in [2.24, 2.45) is 5.92 Å². The summed E-state index contributed by atoms with van der Waals surface area (Å²) >= 11 is 0. The molecule has 1 N–H and O–H groups in total. The van der Waals surface area contributed by atoms with Gasteiger partial charge in [0.2, 0.25) is 11.8 Å². The third-order valence-corrected chi connectivity index (χ3v) is 5.49. The molecule has 2 atom stereocenters. The van der Waals surface area contributed by atoms with Gasteiger partial charge in [0.15, 0.2) is 0 Å². The number of nitrogens with one attached hydrogen (secondary N) is 1. The van der Waals surface area contributed by atoms with Gasteiger partial charge in [0.1, 0.15) is 5.75 Å². The molecule has 2 amide bonds. The van der Waals surface area contributed by atoms with Gasteiger partial charge in [-0.05, 0) is 41.7 Å². The van der Waals surface area contributed by atoms with E-state index >= 15 is 0 Å². The van der Waals surface area contributed by atoms with Gasteiger partial charge in [0, 0.05) is 25.2 Å². The Morgan fingerprint density at radius 3 is 2.61 bits per heavy atom. The molecule has 0 radical (unpaired) electrons. The van der Waals surface area contributed by atoms with E-state index in [2.05, 4.69) is 25.2 Å². The third-order valence-electron chi connectivity index (χ3n) is 5.49. The van der Waals surface area contributed by atoms with Gasteiger partial charge in [-0.25, -0.2) is 0 Å². The van der Waals surface area contributed by atoms with Crippen LogP contribution in [0.3, 0.4) is 0 Å². The highest BCUT2D eigenvalue weighted by molar-refractivity contribution is 6.00. The van der Waals surface area contributed by atoms with Crippen LogP contribution in [0.25, 0.3) is 0 Å². The van der Waals surface area contributed by atoms with Crippen molar-refractivity contribution < 1.29 is 14.3 Å². The van der Waals surface area contributed by atoms with E-state index in [0.717, 1.165) is 29.0 Å². The quantitative estimate of drug-likeness (QED) is 0.793. The van der Waals surface area contributed by atoms with E-state index in [1.165, 1.54) is 0 Å². The van der Waals surface area contributed by atoms with Crippen molar-refractivity contribution in [1.29, 1.82) is 0 Å². The second-order valence-corrected chi connectivity index (χ2v) is 7.34. The van der Waals surface area contributed by atoms with Crippen molar-refractivity contribution in [2.75, 3.05) is 18.6 Å². The lowest BCUT2D eigenvalue weighted by Gasteiger charge is -2.23. The van der Waals surface area contributed by atoms with E-state index in [4.69, 9.17) is 4.74 Å². The number of carbonyl (C=O) groups excluding carboxylic acids is 2. The molecule has 1 fully saturated rings. The Bertz CT molecular complexity index is 832. The molecule has 0 aromatic heterocycles. The maximum absolute atomic E-state index is 12.6. The lowest BCUT2D eigenvalue weighted by atomic mass is 9.96. The summed E-state index contributed by atoms with van der Waals surface area (Å²) in [6.07, 6.45) is 1.26. The summed E-state index contributed by atoms with van der Waals surface area (Å²) in [5.41, 5.74) is 3.10. The van der Waals surface area contributed by atoms with Gasteiger partial charge in [-0.3, -0.25) is 9.59 Å². The lowest BCUT2D eigenvalue weighted by molar-refractivity contribution is -0.126. The van der Waals surface area contributed by atoms with Gasteiger partial charge >= 0.3 is 0 Å². The van der Waals surface area contributed by atoms with Gasteiger partial charge in [-0.2, -0.15) is 0 Å². The van der Waals surface area contributed by atoms with Gasteiger partial charge in [-0.15, -0.1) is 0 Å². The summed E-state index contributed by atoms with van der Waals surface area (Å²) in [7, 11) is 1.62. The Kier molecular flexibility index (Phi) is 6.34. The highest BCUT2D eigenvalue weighted by Gasteiger charge is 2.36. The SMILES string of the molecule is CC[C@H](C)c1ccccc1N1C[C@H](C(=O)NCc2ccc(OC)cc2)CC1=O. The van der Waals surface area contributed by atoms with Crippen LogP contribution in [0.2, 0.25) is 0 Å². The zero-order valence-electron chi connectivity index (χ0n) is 16.8. The van der Waals surface area contributed by atoms with E-state index in [1.54, 1.807) is 12.0 Å². The largest absolute Gasteiger partial charge is 0.497 e. The molecule has 5 heteroatoms. The predicted molar refractivity (Wildman–Crippen MR) is 110 cm³/mol. The molecule has 1 saturated heterocycles. The van der Waals surface area contributed by atoms with Crippen LogP contribution in [0.15, 0.2) is 48.5 Å². The molecular weight excluding hydrogens is 352 g/mol. The van der Waals surface area contributed by atoms with Gasteiger partial charge in [0.25, 0.3) is 0 Å². The first-order valence-corrected chi connectivity index (χ1v) is 9.83. The van der Waals surface area contributed by atoms with Crippen molar-refractivity contribution in [3.05, 3.63) is 59.7 Å². The average molecular weight is 380 g/mol. The summed E-state index contributed by atoms with van der Waals surface area (Å²) in [5, 5.41) is 2.96. The fourth-order valence-electron chi connectivity index (χ4n) is 3.56. The number of nitrogens with zero attached hydrogens (tertiary/aromatic N) is 1. The van der Waals surface area contributed by atoms with Crippen LogP contribution < -0.4 is 15.0 Å². The van der Waals surface area contributed by atoms with Crippen LogP contribution in [0.1, 0.15) is 43.7 Å². The summed E-state index contributed by atoms with van der Waals surface area (Å²) in [5.74, 6) is 0.766. The molecule has 0 spiro atoms. The Labute approximate surface area is 166 Å². The van der Waals surface area contributed by atoms with E-state index < -0.39 is 0 Å². The molecule has 0 bridgehead atoms. The van der Waals surface area contributed by atoms with Crippen LogP contribution in [0.4, 0.5) is 5.69 Å².